The number of aromatic amines is 1. The van der Waals surface area contributed by atoms with E-state index in [1.807, 2.05) is 6.92 Å². The van der Waals surface area contributed by atoms with Crippen LogP contribution >= 0.6 is 0 Å². The van der Waals surface area contributed by atoms with Crippen LogP contribution < -0.4 is 5.32 Å². The minimum absolute atomic E-state index is 0.149. The summed E-state index contributed by atoms with van der Waals surface area (Å²) in [5.41, 5.74) is 2.32. The summed E-state index contributed by atoms with van der Waals surface area (Å²) in [5, 5.41) is 13.8. The molecule has 2 heterocycles. The van der Waals surface area contributed by atoms with Gasteiger partial charge >= 0.3 is 0 Å². The summed E-state index contributed by atoms with van der Waals surface area (Å²) in [7, 11) is 0. The Hall–Kier alpha value is -2.96. The lowest BCUT2D eigenvalue weighted by Gasteiger charge is -2.03. The largest absolute Gasteiger partial charge is 0.311 e. The van der Waals surface area contributed by atoms with Gasteiger partial charge in [-0.05, 0) is 36.8 Å². The molecule has 0 unspecified atom stereocenters. The van der Waals surface area contributed by atoms with Gasteiger partial charge in [-0.25, -0.2) is 9.07 Å². The highest BCUT2D eigenvalue weighted by molar-refractivity contribution is 5.91. The zero-order valence-corrected chi connectivity index (χ0v) is 12.6. The number of amides is 1. The number of halogens is 1. The second-order valence-corrected chi connectivity index (χ2v) is 5.08. The van der Waals surface area contributed by atoms with E-state index in [1.165, 1.54) is 12.1 Å². The fraction of sp³-hybridized carbons (Fsp3) is 0.188. The summed E-state index contributed by atoms with van der Waals surface area (Å²) >= 11 is 0. The topological polar surface area (TPSA) is 75.6 Å². The maximum absolute atomic E-state index is 12.9. The van der Waals surface area contributed by atoms with Crippen LogP contribution in [0.4, 0.5) is 10.2 Å². The predicted molar refractivity (Wildman–Crippen MR) is 83.8 cm³/mol. The Morgan fingerprint density at radius 3 is 2.83 bits per heavy atom. The summed E-state index contributed by atoms with van der Waals surface area (Å²) in [6, 6.07) is 7.76. The minimum atomic E-state index is -0.299. The first-order valence-electron chi connectivity index (χ1n) is 7.28. The lowest BCUT2D eigenvalue weighted by atomic mass is 10.2. The van der Waals surface area contributed by atoms with E-state index in [9.17, 15) is 9.18 Å². The minimum Gasteiger partial charge on any atom is -0.311 e. The summed E-state index contributed by atoms with van der Waals surface area (Å²) in [4.78, 5) is 12.1. The monoisotopic (exact) mass is 313 g/mol. The van der Waals surface area contributed by atoms with Gasteiger partial charge in [0.2, 0.25) is 5.91 Å². The summed E-state index contributed by atoms with van der Waals surface area (Å²) in [6.45, 7) is 1.99. The summed E-state index contributed by atoms with van der Waals surface area (Å²) < 4.78 is 14.5. The van der Waals surface area contributed by atoms with Crippen LogP contribution in [0.2, 0.25) is 0 Å². The van der Waals surface area contributed by atoms with Crippen molar-refractivity contribution in [1.82, 2.24) is 20.0 Å². The Labute approximate surface area is 132 Å². The van der Waals surface area contributed by atoms with Gasteiger partial charge in [0, 0.05) is 11.8 Å². The first-order valence-corrected chi connectivity index (χ1v) is 7.28. The van der Waals surface area contributed by atoms with Gasteiger partial charge in [-0.15, -0.1) is 0 Å². The average molecular weight is 313 g/mol. The van der Waals surface area contributed by atoms with Gasteiger partial charge in [-0.3, -0.25) is 9.89 Å². The number of hydrogen-bond acceptors (Lipinski definition) is 3. The van der Waals surface area contributed by atoms with Crippen LogP contribution in [0.1, 0.15) is 18.2 Å². The number of nitrogens with one attached hydrogen (secondary N) is 2. The van der Waals surface area contributed by atoms with Gasteiger partial charge in [0.05, 0.1) is 24.0 Å². The predicted octanol–water partition coefficient (Wildman–Crippen LogP) is 2.48. The maximum atomic E-state index is 12.9. The highest BCUT2D eigenvalue weighted by atomic mass is 19.1. The van der Waals surface area contributed by atoms with Crippen LogP contribution in [0.5, 0.6) is 0 Å². The van der Waals surface area contributed by atoms with Crippen molar-refractivity contribution in [3.05, 3.63) is 59.8 Å². The third kappa shape index (κ3) is 3.45. The van der Waals surface area contributed by atoms with E-state index in [1.54, 1.807) is 35.3 Å². The lowest BCUT2D eigenvalue weighted by Crippen LogP contribution is -2.16. The second kappa shape index (κ2) is 6.43. The Kier molecular flexibility index (Phi) is 4.18. The molecule has 0 aliphatic rings. The van der Waals surface area contributed by atoms with Crippen molar-refractivity contribution >= 4 is 11.7 Å². The number of aromatic nitrogens is 4. The van der Waals surface area contributed by atoms with E-state index < -0.39 is 0 Å². The molecule has 0 radical (unpaired) electrons. The molecule has 0 saturated heterocycles. The molecular formula is C16H16FN5O. The Balaban J connectivity index is 1.67. The number of anilines is 1. The third-order valence-corrected chi connectivity index (χ3v) is 3.44. The fourth-order valence-electron chi connectivity index (χ4n) is 2.23. The molecule has 23 heavy (non-hydrogen) atoms. The molecule has 7 heteroatoms. The molecule has 0 spiro atoms. The quantitative estimate of drug-likeness (QED) is 0.760. The van der Waals surface area contributed by atoms with E-state index in [2.05, 4.69) is 20.6 Å². The van der Waals surface area contributed by atoms with Crippen molar-refractivity contribution < 1.29 is 9.18 Å². The Morgan fingerprint density at radius 1 is 1.30 bits per heavy atom. The van der Waals surface area contributed by atoms with Crippen LogP contribution in [-0.4, -0.2) is 25.9 Å². The van der Waals surface area contributed by atoms with Crippen LogP contribution in [0.3, 0.4) is 0 Å². The Bertz CT molecular complexity index is 806. The first-order chi connectivity index (χ1) is 11.2. The number of hydrogen-bond donors (Lipinski definition) is 2. The molecule has 6 nitrogen and oxygen atoms in total. The van der Waals surface area contributed by atoms with Gasteiger partial charge in [0.1, 0.15) is 11.6 Å². The first kappa shape index (κ1) is 15.0. The van der Waals surface area contributed by atoms with E-state index in [0.29, 0.717) is 11.5 Å². The number of carbonyl (C=O) groups excluding carboxylic acids is 1. The number of aryl methyl sites for hydroxylation is 1. The molecule has 2 aromatic heterocycles. The van der Waals surface area contributed by atoms with Crippen LogP contribution in [0.25, 0.3) is 5.69 Å². The molecule has 118 valence electrons. The number of rotatable bonds is 5. The molecule has 1 aromatic carbocycles. The van der Waals surface area contributed by atoms with Gasteiger partial charge in [0.15, 0.2) is 0 Å². The van der Waals surface area contributed by atoms with Gasteiger partial charge < -0.3 is 5.32 Å². The zero-order chi connectivity index (χ0) is 16.2. The molecule has 2 N–H and O–H groups in total. The molecule has 0 atom stereocenters. The van der Waals surface area contributed by atoms with E-state index in [4.69, 9.17) is 0 Å². The summed E-state index contributed by atoms with van der Waals surface area (Å²) in [5.74, 6) is 0.149. The van der Waals surface area contributed by atoms with Crippen LogP contribution in [0.15, 0.2) is 42.7 Å². The smallest absolute Gasteiger partial charge is 0.231 e. The van der Waals surface area contributed by atoms with E-state index in [0.717, 1.165) is 17.7 Å². The SMILES string of the molecule is CCc1cn[nH]c1NC(=O)Cc1ccn(-c2ccc(F)cc2)n1. The molecule has 1 amide bonds. The van der Waals surface area contributed by atoms with Crippen molar-refractivity contribution in [3.8, 4) is 5.69 Å². The molecule has 0 saturated carbocycles. The molecular weight excluding hydrogens is 297 g/mol. The molecule has 3 rings (SSSR count). The Morgan fingerprint density at radius 2 is 2.09 bits per heavy atom. The third-order valence-electron chi connectivity index (χ3n) is 3.44. The average Bonchev–Trinajstić information content (AvgIpc) is 3.17. The van der Waals surface area contributed by atoms with E-state index >= 15 is 0 Å². The lowest BCUT2D eigenvalue weighted by molar-refractivity contribution is -0.115. The van der Waals surface area contributed by atoms with Gasteiger partial charge in [-0.1, -0.05) is 6.92 Å². The standard InChI is InChI=1S/C16H16FN5O/c1-2-11-10-18-20-16(11)19-15(23)9-13-7-8-22(21-13)14-5-3-12(17)4-6-14/h3-8,10H,2,9H2,1H3,(H2,18,19,20,23). The van der Waals surface area contributed by atoms with Gasteiger partial charge in [-0.2, -0.15) is 10.2 Å². The number of benzene rings is 1. The number of nitrogens with zero attached hydrogens (tertiary/aromatic N) is 3. The van der Waals surface area contributed by atoms with Crippen molar-refractivity contribution in [3.63, 3.8) is 0 Å². The molecule has 0 aliphatic carbocycles. The molecule has 3 aromatic rings. The van der Waals surface area contributed by atoms with Crippen molar-refractivity contribution in [2.45, 2.75) is 19.8 Å². The van der Waals surface area contributed by atoms with Gasteiger partial charge in [0.25, 0.3) is 0 Å². The van der Waals surface area contributed by atoms with Crippen molar-refractivity contribution in [1.29, 1.82) is 0 Å². The zero-order valence-electron chi connectivity index (χ0n) is 12.6. The molecule has 0 fully saturated rings. The van der Waals surface area contributed by atoms with Crippen molar-refractivity contribution in [2.24, 2.45) is 0 Å². The van der Waals surface area contributed by atoms with Crippen molar-refractivity contribution in [2.75, 3.05) is 5.32 Å². The fourth-order valence-corrected chi connectivity index (χ4v) is 2.23. The maximum Gasteiger partial charge on any atom is 0.231 e. The number of carbonyl (C=O) groups is 1. The highest BCUT2D eigenvalue weighted by Crippen LogP contribution is 2.12. The van der Waals surface area contributed by atoms with Crippen LogP contribution in [-0.2, 0) is 17.6 Å². The number of H-pyrrole nitrogens is 1. The second-order valence-electron chi connectivity index (χ2n) is 5.08. The summed E-state index contributed by atoms with van der Waals surface area (Å²) in [6.07, 6.45) is 4.37. The van der Waals surface area contributed by atoms with E-state index in [-0.39, 0.29) is 18.1 Å². The molecule has 0 aliphatic heterocycles. The molecule has 0 bridgehead atoms. The van der Waals surface area contributed by atoms with Crippen LogP contribution in [0, 0.1) is 5.82 Å². The highest BCUT2D eigenvalue weighted by Gasteiger charge is 2.10. The normalized spacial score (nSPS) is 10.7.